The number of piperazine rings is 1. The number of nitrogens with zero attached hydrogens (tertiary/aromatic N) is 6. The molecule has 37 heavy (non-hydrogen) atoms. The van der Waals surface area contributed by atoms with Crippen LogP contribution in [0.15, 0.2) is 59.7 Å². The minimum absolute atomic E-state index is 0.0853. The highest BCUT2D eigenvalue weighted by Crippen LogP contribution is 2.25. The molecule has 3 aromatic rings. The summed E-state index contributed by atoms with van der Waals surface area (Å²) >= 11 is 0. The summed E-state index contributed by atoms with van der Waals surface area (Å²) in [5.41, 5.74) is 2.85. The van der Waals surface area contributed by atoms with Crippen LogP contribution in [-0.4, -0.2) is 65.1 Å². The monoisotopic (exact) mass is 499 g/mol. The Bertz CT molecular complexity index is 1420. The summed E-state index contributed by atoms with van der Waals surface area (Å²) < 4.78 is 22.1. The number of hydrogen-bond donors (Lipinski definition) is 2. The number of aromatic nitrogens is 2. The Morgan fingerprint density at radius 1 is 1.16 bits per heavy atom. The van der Waals surface area contributed by atoms with Crippen LogP contribution in [-0.2, 0) is 4.74 Å². The van der Waals surface area contributed by atoms with Crippen LogP contribution in [0, 0.1) is 17.1 Å². The molecule has 1 saturated heterocycles. The zero-order chi connectivity index (χ0) is 25.8. The lowest BCUT2D eigenvalue weighted by Gasteiger charge is -2.29. The van der Waals surface area contributed by atoms with Crippen molar-refractivity contribution in [1.29, 1.82) is 5.26 Å². The number of aliphatic imine (C=N–C) groups is 1. The van der Waals surface area contributed by atoms with Gasteiger partial charge in [-0.2, -0.15) is 5.26 Å². The molecule has 2 N–H and O–H groups in total. The van der Waals surface area contributed by atoms with Crippen LogP contribution >= 0.6 is 0 Å². The lowest BCUT2D eigenvalue weighted by molar-refractivity contribution is -0.538. The maximum atomic E-state index is 14.5. The first-order chi connectivity index (χ1) is 18.0. The number of carbonyl (C=O) groups is 1. The van der Waals surface area contributed by atoms with Gasteiger partial charge in [0.05, 0.1) is 25.4 Å². The fourth-order valence-electron chi connectivity index (χ4n) is 4.08. The van der Waals surface area contributed by atoms with E-state index in [1.165, 1.54) is 0 Å². The smallest absolute Gasteiger partial charge is 0.364 e. The molecule has 0 aliphatic carbocycles. The second kappa shape index (κ2) is 10.4. The molecular weight excluding hydrogens is 475 g/mol. The van der Waals surface area contributed by atoms with E-state index in [1.54, 1.807) is 24.3 Å². The van der Waals surface area contributed by atoms with Crippen molar-refractivity contribution in [3.8, 4) is 17.3 Å². The number of ether oxygens (including phenoxy) is 1. The molecule has 0 atom stereocenters. The van der Waals surface area contributed by atoms with Crippen LogP contribution in [0.4, 0.5) is 21.7 Å². The van der Waals surface area contributed by atoms with E-state index in [2.05, 4.69) is 35.1 Å². The predicted molar refractivity (Wildman–Crippen MR) is 137 cm³/mol. The molecule has 2 aliphatic rings. The minimum Gasteiger partial charge on any atom is -0.364 e. The van der Waals surface area contributed by atoms with E-state index in [-0.39, 0.29) is 24.1 Å². The van der Waals surface area contributed by atoms with E-state index < -0.39 is 5.82 Å². The van der Waals surface area contributed by atoms with Gasteiger partial charge in [-0.15, -0.1) is 0 Å². The first-order valence-corrected chi connectivity index (χ1v) is 11.8. The maximum absolute atomic E-state index is 14.5. The fourth-order valence-corrected chi connectivity index (χ4v) is 4.08. The van der Waals surface area contributed by atoms with Crippen molar-refractivity contribution >= 4 is 35.1 Å². The molecule has 1 amide bonds. The molecule has 0 spiro atoms. The molecule has 0 saturated carbocycles. The van der Waals surface area contributed by atoms with E-state index in [1.807, 2.05) is 37.3 Å². The van der Waals surface area contributed by atoms with Crippen LogP contribution in [0.2, 0.25) is 0 Å². The van der Waals surface area contributed by atoms with Crippen molar-refractivity contribution in [3.63, 3.8) is 0 Å². The second-order valence-corrected chi connectivity index (χ2v) is 8.47. The highest BCUT2D eigenvalue weighted by Gasteiger charge is 2.31. The van der Waals surface area contributed by atoms with Gasteiger partial charge < -0.3 is 20.3 Å². The van der Waals surface area contributed by atoms with E-state index in [4.69, 9.17) is 10.00 Å². The SMILES string of the molecule is CC1=NC(=[N+]2CCN(c3ccc(Nc4ncc(F)c(-c5ccc(C(=O)NCC#N)cc5)n4)cc3)CC2)O1. The summed E-state index contributed by atoms with van der Waals surface area (Å²) in [7, 11) is 0. The number of amides is 1. The van der Waals surface area contributed by atoms with Crippen molar-refractivity contribution in [2.45, 2.75) is 6.92 Å². The molecule has 0 bridgehead atoms. The number of nitrogens with one attached hydrogen (secondary N) is 2. The van der Waals surface area contributed by atoms with Gasteiger partial charge in [0.1, 0.15) is 25.3 Å². The Kier molecular flexibility index (Phi) is 6.72. The third-order valence-corrected chi connectivity index (χ3v) is 6.02. The molecule has 0 radical (unpaired) electrons. The van der Waals surface area contributed by atoms with Crippen LogP contribution in [0.1, 0.15) is 17.3 Å². The van der Waals surface area contributed by atoms with Crippen LogP contribution in [0.3, 0.4) is 0 Å². The van der Waals surface area contributed by atoms with Crippen molar-refractivity contribution < 1.29 is 18.5 Å². The summed E-state index contributed by atoms with van der Waals surface area (Å²) in [6.45, 7) is 5.15. The zero-order valence-corrected chi connectivity index (χ0v) is 20.1. The van der Waals surface area contributed by atoms with E-state index in [0.717, 1.165) is 43.8 Å². The third-order valence-electron chi connectivity index (χ3n) is 6.02. The van der Waals surface area contributed by atoms with Gasteiger partial charge in [0.15, 0.2) is 5.82 Å². The van der Waals surface area contributed by atoms with Gasteiger partial charge in [0, 0.05) is 34.4 Å². The Morgan fingerprint density at radius 3 is 2.51 bits per heavy atom. The quantitative estimate of drug-likeness (QED) is 0.395. The number of carbonyl (C=O) groups excluding carboxylic acids is 1. The molecule has 10 nitrogen and oxygen atoms in total. The summed E-state index contributed by atoms with van der Waals surface area (Å²) in [6.07, 6.45) is 1.11. The van der Waals surface area contributed by atoms with Gasteiger partial charge in [-0.3, -0.25) is 4.79 Å². The standard InChI is InChI=1S/C26H23FN8O2/c1-17-31-26(37-17)35-14-12-34(13-15-35)21-8-6-20(7-9-21)32-25-30-16-22(27)23(33-25)18-2-4-19(5-3-18)24(36)29-11-10-28/h2-9,16H,11-15H2,1H3,(H-,29,30,32,33,36)/p+1. The van der Waals surface area contributed by atoms with Gasteiger partial charge in [0.2, 0.25) is 5.95 Å². The van der Waals surface area contributed by atoms with Gasteiger partial charge in [-0.05, 0) is 36.4 Å². The lowest BCUT2D eigenvalue weighted by Crippen LogP contribution is -2.46. The lowest BCUT2D eigenvalue weighted by atomic mass is 10.1. The number of nitriles is 1. The molecule has 1 fully saturated rings. The summed E-state index contributed by atoms with van der Waals surface area (Å²) in [5, 5.41) is 14.2. The van der Waals surface area contributed by atoms with Crippen molar-refractivity contribution in [2.24, 2.45) is 4.99 Å². The Hall–Kier alpha value is -4.85. The highest BCUT2D eigenvalue weighted by atomic mass is 19.1. The van der Waals surface area contributed by atoms with E-state index in [9.17, 15) is 9.18 Å². The molecule has 11 heteroatoms. The number of rotatable bonds is 6. The Labute approximate surface area is 212 Å². The van der Waals surface area contributed by atoms with Gasteiger partial charge >= 0.3 is 11.9 Å². The third kappa shape index (κ3) is 5.38. The van der Waals surface area contributed by atoms with Crippen LogP contribution in [0.25, 0.3) is 11.3 Å². The Morgan fingerprint density at radius 2 is 1.86 bits per heavy atom. The summed E-state index contributed by atoms with van der Waals surface area (Å²) in [6, 6.07) is 16.8. The molecule has 3 heterocycles. The van der Waals surface area contributed by atoms with Crippen LogP contribution in [0.5, 0.6) is 0 Å². The minimum atomic E-state index is -0.576. The molecular formula is C26H24FN8O2+. The Balaban J connectivity index is 1.24. The van der Waals surface area contributed by atoms with Crippen molar-refractivity contribution in [3.05, 3.63) is 66.1 Å². The summed E-state index contributed by atoms with van der Waals surface area (Å²) in [5.74, 6) is 0.00227. The molecule has 0 unspecified atom stereocenters. The average molecular weight is 500 g/mol. The molecule has 1 aromatic heterocycles. The molecule has 2 aromatic carbocycles. The molecule has 2 aliphatic heterocycles. The summed E-state index contributed by atoms with van der Waals surface area (Å²) in [4.78, 5) is 27.0. The van der Waals surface area contributed by atoms with Gasteiger partial charge in [0.25, 0.3) is 5.91 Å². The number of anilines is 3. The number of benzene rings is 2. The van der Waals surface area contributed by atoms with E-state index >= 15 is 0 Å². The second-order valence-electron chi connectivity index (χ2n) is 8.47. The van der Waals surface area contributed by atoms with Crippen molar-refractivity contribution in [2.75, 3.05) is 42.9 Å². The number of amidine groups is 1. The van der Waals surface area contributed by atoms with Gasteiger partial charge in [-0.1, -0.05) is 12.1 Å². The average Bonchev–Trinajstić information content (AvgIpc) is 2.92. The highest BCUT2D eigenvalue weighted by molar-refractivity contribution is 6.01. The van der Waals surface area contributed by atoms with E-state index in [0.29, 0.717) is 23.0 Å². The fraction of sp³-hybridized carbons (Fsp3) is 0.231. The number of hydrogen-bond acceptors (Lipinski definition) is 7. The topological polar surface area (TPSA) is 119 Å². The molecule has 186 valence electrons. The normalized spacial score (nSPS) is 14.7. The first-order valence-electron chi connectivity index (χ1n) is 11.8. The largest absolute Gasteiger partial charge is 0.505 e. The predicted octanol–water partition coefficient (Wildman–Crippen LogP) is 2.92. The molecule has 5 rings (SSSR count). The first kappa shape index (κ1) is 23.9. The maximum Gasteiger partial charge on any atom is 0.505 e. The van der Waals surface area contributed by atoms with Crippen LogP contribution < -0.4 is 15.5 Å². The zero-order valence-electron chi connectivity index (χ0n) is 20.1. The number of halogens is 1. The van der Waals surface area contributed by atoms with Crippen molar-refractivity contribution in [1.82, 2.24) is 15.3 Å². The van der Waals surface area contributed by atoms with Gasteiger partial charge in [-0.25, -0.2) is 18.9 Å².